The maximum atomic E-state index is 11.5. The molecule has 1 aliphatic heterocycles. The van der Waals surface area contributed by atoms with Crippen molar-refractivity contribution in [1.82, 2.24) is 4.90 Å². The maximum Gasteiger partial charge on any atom is 0.321 e. The highest BCUT2D eigenvalue weighted by Crippen LogP contribution is 2.28. The van der Waals surface area contributed by atoms with E-state index in [0.29, 0.717) is 19.7 Å². The minimum Gasteiger partial charge on any atom is -0.489 e. The first kappa shape index (κ1) is 22.1. The zero-order valence-electron chi connectivity index (χ0n) is 18.5. The molecule has 1 saturated heterocycles. The van der Waals surface area contributed by atoms with Gasteiger partial charge in [-0.15, -0.1) is 0 Å². The zero-order chi connectivity index (χ0) is 22.7. The Morgan fingerprint density at radius 1 is 1.06 bits per heavy atom. The second-order valence-corrected chi connectivity index (χ2v) is 8.52. The molecule has 32 heavy (non-hydrogen) atoms. The van der Waals surface area contributed by atoms with Crippen LogP contribution in [0.3, 0.4) is 0 Å². The minimum atomic E-state index is -0.883. The van der Waals surface area contributed by atoms with Crippen LogP contribution >= 0.6 is 0 Å². The van der Waals surface area contributed by atoms with Crippen LogP contribution in [0.25, 0.3) is 11.1 Å². The highest BCUT2D eigenvalue weighted by Gasteiger charge is 2.35. The molecule has 0 radical (unpaired) electrons. The van der Waals surface area contributed by atoms with Crippen molar-refractivity contribution in [3.8, 4) is 16.9 Å². The average molecular weight is 432 g/mol. The third-order valence-corrected chi connectivity index (χ3v) is 6.21. The van der Waals surface area contributed by atoms with Gasteiger partial charge in [-0.2, -0.15) is 0 Å². The Kier molecular flexibility index (Phi) is 6.58. The zero-order valence-corrected chi connectivity index (χ0v) is 18.5. The summed E-state index contributed by atoms with van der Waals surface area (Å²) in [5.41, 5.74) is 6.77. The number of β-amino-alcohol motifs (C(OH)–C–C–N with tert-alkyl or cyclic N) is 1. The molecule has 0 spiro atoms. The third kappa shape index (κ3) is 4.85. The molecule has 4 rings (SSSR count). The van der Waals surface area contributed by atoms with Gasteiger partial charge >= 0.3 is 5.97 Å². The minimum absolute atomic E-state index is 0.275. The van der Waals surface area contributed by atoms with E-state index in [1.165, 1.54) is 16.7 Å². The highest BCUT2D eigenvalue weighted by atomic mass is 16.5. The molecule has 2 atom stereocenters. The normalized spacial score (nSPS) is 18.6. The van der Waals surface area contributed by atoms with Crippen LogP contribution in [-0.2, 0) is 17.9 Å². The summed E-state index contributed by atoms with van der Waals surface area (Å²) in [4.78, 5) is 13.3. The van der Waals surface area contributed by atoms with Gasteiger partial charge in [-0.3, -0.25) is 9.69 Å². The van der Waals surface area contributed by atoms with Crippen molar-refractivity contribution in [2.45, 2.75) is 45.6 Å². The van der Waals surface area contributed by atoms with Crippen molar-refractivity contribution in [3.63, 3.8) is 0 Å². The van der Waals surface area contributed by atoms with Crippen LogP contribution in [0.15, 0.2) is 66.7 Å². The average Bonchev–Trinajstić information content (AvgIpc) is 3.15. The lowest BCUT2D eigenvalue weighted by Crippen LogP contribution is -2.35. The van der Waals surface area contributed by atoms with Gasteiger partial charge in [0.2, 0.25) is 0 Å². The van der Waals surface area contributed by atoms with Gasteiger partial charge in [0.1, 0.15) is 18.4 Å². The van der Waals surface area contributed by atoms with E-state index in [0.717, 1.165) is 22.4 Å². The number of carboxylic acids is 1. The number of rotatable bonds is 7. The summed E-state index contributed by atoms with van der Waals surface area (Å²) in [5.74, 6) is -0.0687. The lowest BCUT2D eigenvalue weighted by Gasteiger charge is -2.21. The summed E-state index contributed by atoms with van der Waals surface area (Å²) in [6.07, 6.45) is -0.314. The van der Waals surface area contributed by atoms with Crippen molar-refractivity contribution in [2.75, 3.05) is 6.54 Å². The van der Waals surface area contributed by atoms with Crippen molar-refractivity contribution in [3.05, 3.63) is 89.0 Å². The topological polar surface area (TPSA) is 70.0 Å². The summed E-state index contributed by atoms with van der Waals surface area (Å²) in [6.45, 7) is 5.48. The van der Waals surface area contributed by atoms with Gasteiger partial charge in [-0.25, -0.2) is 0 Å². The number of carbonyl (C=O) groups is 1. The molecule has 5 heteroatoms. The van der Waals surface area contributed by atoms with E-state index in [1.54, 1.807) is 0 Å². The van der Waals surface area contributed by atoms with E-state index in [1.807, 2.05) is 48.2 Å². The van der Waals surface area contributed by atoms with Crippen molar-refractivity contribution in [1.29, 1.82) is 0 Å². The van der Waals surface area contributed by atoms with Gasteiger partial charge in [-0.05, 0) is 53.3 Å². The predicted molar refractivity (Wildman–Crippen MR) is 125 cm³/mol. The quantitative estimate of drug-likeness (QED) is 0.574. The van der Waals surface area contributed by atoms with Gasteiger partial charge in [0, 0.05) is 19.5 Å². The maximum absolute atomic E-state index is 11.5. The molecule has 2 N–H and O–H groups in total. The molecule has 0 aliphatic carbocycles. The predicted octanol–water partition coefficient (Wildman–Crippen LogP) is 4.57. The molecule has 5 nitrogen and oxygen atoms in total. The fraction of sp³-hybridized carbons (Fsp3) is 0.296. The number of hydrogen-bond acceptors (Lipinski definition) is 4. The van der Waals surface area contributed by atoms with Crippen LogP contribution in [0.1, 0.15) is 28.7 Å². The Morgan fingerprint density at radius 3 is 2.56 bits per heavy atom. The molecular weight excluding hydrogens is 402 g/mol. The molecular formula is C27H29NO4. The molecule has 1 heterocycles. The van der Waals surface area contributed by atoms with E-state index >= 15 is 0 Å². The third-order valence-electron chi connectivity index (χ3n) is 6.21. The first-order valence-electron chi connectivity index (χ1n) is 10.9. The molecule has 1 fully saturated rings. The molecule has 0 aromatic heterocycles. The molecule has 3 aromatic carbocycles. The SMILES string of the molecule is Cc1cc(CN2C[C@H](O)C[C@@H]2C(=O)O)ccc1OCc1cccc(-c2ccccc2)c1C. The number of ether oxygens (including phenoxy) is 1. The van der Waals surface area contributed by atoms with Crippen molar-refractivity contribution < 1.29 is 19.7 Å². The Balaban J connectivity index is 1.44. The standard InChI is InChI=1S/C27H29NO4/c1-18-13-20(15-28-16-23(29)14-25(28)27(30)31)11-12-26(18)32-17-22-9-6-10-24(19(22)2)21-7-4-3-5-8-21/h3-13,23,25,29H,14-17H2,1-2H3,(H,30,31)/t23-,25-/m1/s1. The molecule has 0 unspecified atom stereocenters. The molecule has 1 aliphatic rings. The van der Waals surface area contributed by atoms with Crippen LogP contribution < -0.4 is 4.74 Å². The van der Waals surface area contributed by atoms with E-state index < -0.39 is 18.1 Å². The second-order valence-electron chi connectivity index (χ2n) is 8.52. The fourth-order valence-corrected chi connectivity index (χ4v) is 4.44. The number of aryl methyl sites for hydroxylation is 1. The number of aliphatic hydroxyl groups excluding tert-OH is 1. The Bertz CT molecular complexity index is 1100. The lowest BCUT2D eigenvalue weighted by molar-refractivity contribution is -0.142. The molecule has 0 amide bonds. The van der Waals surface area contributed by atoms with E-state index in [2.05, 4.69) is 37.3 Å². The number of aliphatic hydroxyl groups is 1. The van der Waals surface area contributed by atoms with Crippen molar-refractivity contribution >= 4 is 5.97 Å². The second kappa shape index (κ2) is 9.55. The lowest BCUT2D eigenvalue weighted by atomic mass is 9.97. The van der Waals surface area contributed by atoms with Gasteiger partial charge in [-0.1, -0.05) is 60.7 Å². The van der Waals surface area contributed by atoms with Crippen LogP contribution in [0.4, 0.5) is 0 Å². The molecule has 166 valence electrons. The first-order valence-corrected chi connectivity index (χ1v) is 10.9. The number of likely N-dealkylation sites (tertiary alicyclic amines) is 1. The van der Waals surface area contributed by atoms with Gasteiger partial charge < -0.3 is 14.9 Å². The number of nitrogens with zero attached hydrogens (tertiary/aromatic N) is 1. The Labute approximate surface area is 188 Å². The number of carboxylic acid groups (broad SMARTS) is 1. The summed E-state index contributed by atoms with van der Waals surface area (Å²) in [6, 6.07) is 21.9. The summed E-state index contributed by atoms with van der Waals surface area (Å²) in [5, 5.41) is 19.3. The Hall–Kier alpha value is -3.15. The van der Waals surface area contributed by atoms with Crippen molar-refractivity contribution in [2.24, 2.45) is 0 Å². The molecule has 3 aromatic rings. The number of benzene rings is 3. The fourth-order valence-electron chi connectivity index (χ4n) is 4.44. The molecule has 0 saturated carbocycles. The molecule has 0 bridgehead atoms. The van der Waals surface area contributed by atoms with E-state index in [-0.39, 0.29) is 6.42 Å². The monoisotopic (exact) mass is 431 g/mol. The van der Waals surface area contributed by atoms with Crippen LogP contribution in [0.2, 0.25) is 0 Å². The van der Waals surface area contributed by atoms with E-state index in [4.69, 9.17) is 4.74 Å². The van der Waals surface area contributed by atoms with E-state index in [9.17, 15) is 15.0 Å². The number of hydrogen-bond donors (Lipinski definition) is 2. The largest absolute Gasteiger partial charge is 0.489 e. The van der Waals surface area contributed by atoms with Crippen LogP contribution in [0.5, 0.6) is 5.75 Å². The van der Waals surface area contributed by atoms with Crippen LogP contribution in [0, 0.1) is 13.8 Å². The number of aliphatic carboxylic acids is 1. The van der Waals surface area contributed by atoms with Gasteiger partial charge in [0.15, 0.2) is 0 Å². The van der Waals surface area contributed by atoms with Crippen LogP contribution in [-0.4, -0.2) is 39.8 Å². The first-order chi connectivity index (χ1) is 15.4. The highest BCUT2D eigenvalue weighted by molar-refractivity contribution is 5.74. The van der Waals surface area contributed by atoms with Gasteiger partial charge in [0.05, 0.1) is 6.10 Å². The van der Waals surface area contributed by atoms with Gasteiger partial charge in [0.25, 0.3) is 0 Å². The smallest absolute Gasteiger partial charge is 0.321 e. The Morgan fingerprint density at radius 2 is 1.84 bits per heavy atom. The summed E-state index contributed by atoms with van der Waals surface area (Å²) < 4.78 is 6.15. The summed E-state index contributed by atoms with van der Waals surface area (Å²) >= 11 is 0. The summed E-state index contributed by atoms with van der Waals surface area (Å²) in [7, 11) is 0.